The maximum absolute atomic E-state index is 14.1. The van der Waals surface area contributed by atoms with E-state index in [0.717, 1.165) is 33.2 Å². The zero-order chi connectivity index (χ0) is 29.4. The number of aromatic amines is 1. The van der Waals surface area contributed by atoms with Crippen LogP contribution < -0.4 is 19.2 Å². The number of nitrogens with zero attached hydrogens (tertiary/aromatic N) is 1. The number of thiazole rings is 1. The summed E-state index contributed by atoms with van der Waals surface area (Å²) in [5, 5.41) is 1.01. The molecule has 43 heavy (non-hydrogen) atoms. The number of H-pyrrole nitrogens is 1. The van der Waals surface area contributed by atoms with E-state index < -0.39 is 0 Å². The van der Waals surface area contributed by atoms with E-state index in [1.807, 2.05) is 30.3 Å². The lowest BCUT2D eigenvalue weighted by atomic mass is 9.68. The second-order valence-electron chi connectivity index (χ2n) is 11.9. The second kappa shape index (κ2) is 10.1. The van der Waals surface area contributed by atoms with Gasteiger partial charge in [0.2, 0.25) is 11.8 Å². The van der Waals surface area contributed by atoms with E-state index in [9.17, 15) is 14.4 Å². The van der Waals surface area contributed by atoms with Crippen molar-refractivity contribution in [3.05, 3.63) is 104 Å². The van der Waals surface area contributed by atoms with E-state index in [1.165, 1.54) is 21.8 Å². The van der Waals surface area contributed by atoms with Gasteiger partial charge in [-0.3, -0.25) is 19.3 Å². The Bertz CT molecular complexity index is 1810. The van der Waals surface area contributed by atoms with E-state index in [4.69, 9.17) is 9.47 Å². The number of rotatable bonds is 6. The van der Waals surface area contributed by atoms with Crippen LogP contribution in [0, 0.1) is 36.5 Å². The minimum atomic E-state index is -0.360. The fraction of sp³-hybridized carbons (Fsp3) is 0.324. The fourth-order valence-electron chi connectivity index (χ4n) is 8.15. The number of nitrogens with one attached hydrogen (secondary N) is 1. The third-order valence-electron chi connectivity index (χ3n) is 9.95. The molecule has 2 saturated carbocycles. The lowest BCUT2D eigenvalue weighted by molar-refractivity contribution is -0.123. The SMILES string of the molecule is COc1ccc(N2C(=O)[C@H]3[C@H]4C[C@@H]([C@@H]3C2=O)[C@H]2[C@H](c3ccccc3OCc3ccccc3C)c3sc(=O)[nH]c3S[C@H]42)cc1. The van der Waals surface area contributed by atoms with Crippen LogP contribution in [0.1, 0.15) is 33.9 Å². The van der Waals surface area contributed by atoms with Crippen LogP contribution in [-0.2, 0) is 16.2 Å². The smallest absolute Gasteiger partial charge is 0.305 e. The van der Waals surface area contributed by atoms with Crippen LogP contribution in [0.5, 0.6) is 11.5 Å². The van der Waals surface area contributed by atoms with Crippen molar-refractivity contribution in [2.75, 3.05) is 12.0 Å². The number of imide groups is 1. The molecular formula is C34H30N2O5S2. The van der Waals surface area contributed by atoms with Crippen LogP contribution >= 0.6 is 23.1 Å². The molecule has 0 radical (unpaired) electrons. The molecule has 4 aromatic rings. The number of hydrogen-bond donors (Lipinski definition) is 1. The number of amides is 2. The summed E-state index contributed by atoms with van der Waals surface area (Å²) in [6.45, 7) is 2.52. The number of thioether (sulfide) groups is 1. The molecule has 2 bridgehead atoms. The molecule has 3 fully saturated rings. The number of aryl methyl sites for hydroxylation is 1. The molecule has 2 aliphatic carbocycles. The molecule has 1 aromatic heterocycles. The highest BCUT2D eigenvalue weighted by molar-refractivity contribution is 8.00. The number of ether oxygens (including phenoxy) is 2. The third-order valence-corrected chi connectivity index (χ3v) is 12.5. The predicted octanol–water partition coefficient (Wildman–Crippen LogP) is 6.01. The van der Waals surface area contributed by atoms with Gasteiger partial charge in [-0.2, -0.15) is 0 Å². The summed E-state index contributed by atoms with van der Waals surface area (Å²) in [6.07, 6.45) is 0.841. The molecule has 7 atom stereocenters. The van der Waals surface area contributed by atoms with Crippen LogP contribution in [0.4, 0.5) is 5.69 Å². The van der Waals surface area contributed by atoms with E-state index in [0.29, 0.717) is 18.0 Å². The van der Waals surface area contributed by atoms with Crippen molar-refractivity contribution in [2.24, 2.45) is 29.6 Å². The molecule has 3 aromatic carbocycles. The molecule has 1 saturated heterocycles. The maximum atomic E-state index is 14.1. The van der Waals surface area contributed by atoms with Crippen LogP contribution in [0.25, 0.3) is 0 Å². The normalized spacial score (nSPS) is 28.5. The lowest BCUT2D eigenvalue weighted by Gasteiger charge is -2.43. The molecule has 218 valence electrons. The second-order valence-corrected chi connectivity index (χ2v) is 14.1. The number of hydrogen-bond acceptors (Lipinski definition) is 7. The number of para-hydroxylation sites is 1. The minimum Gasteiger partial charge on any atom is -0.497 e. The number of methoxy groups -OCH3 is 1. The Morgan fingerprint density at radius 2 is 1.63 bits per heavy atom. The number of anilines is 1. The first-order valence-corrected chi connectivity index (χ1v) is 16.3. The summed E-state index contributed by atoms with van der Waals surface area (Å²) < 4.78 is 11.8. The van der Waals surface area contributed by atoms with Crippen molar-refractivity contribution in [3.63, 3.8) is 0 Å². The molecule has 1 N–H and O–H groups in total. The molecule has 2 amide bonds. The number of carbonyl (C=O) groups is 2. The molecular weight excluding hydrogens is 581 g/mol. The van der Waals surface area contributed by atoms with Gasteiger partial charge in [0.05, 0.1) is 29.7 Å². The summed E-state index contributed by atoms with van der Waals surface area (Å²) >= 11 is 2.96. The molecule has 2 aliphatic heterocycles. The number of benzene rings is 3. The Balaban J connectivity index is 1.18. The summed E-state index contributed by atoms with van der Waals surface area (Å²) in [4.78, 5) is 46.1. The minimum absolute atomic E-state index is 0.0342. The van der Waals surface area contributed by atoms with Crippen LogP contribution in [0.3, 0.4) is 0 Å². The topological polar surface area (TPSA) is 88.7 Å². The van der Waals surface area contributed by atoms with Crippen molar-refractivity contribution in [1.29, 1.82) is 0 Å². The van der Waals surface area contributed by atoms with Crippen molar-refractivity contribution >= 4 is 40.6 Å². The first-order valence-electron chi connectivity index (χ1n) is 14.6. The summed E-state index contributed by atoms with van der Waals surface area (Å²) in [6, 6.07) is 23.5. The van der Waals surface area contributed by atoms with Gasteiger partial charge in [0, 0.05) is 21.6 Å². The van der Waals surface area contributed by atoms with E-state index in [1.54, 1.807) is 43.1 Å². The van der Waals surface area contributed by atoms with Gasteiger partial charge in [-0.15, -0.1) is 11.8 Å². The first kappa shape index (κ1) is 26.8. The largest absolute Gasteiger partial charge is 0.497 e. The van der Waals surface area contributed by atoms with Gasteiger partial charge in [0.15, 0.2) is 0 Å². The first-order chi connectivity index (χ1) is 20.9. The van der Waals surface area contributed by atoms with E-state index in [2.05, 4.69) is 30.1 Å². The number of fused-ring (bicyclic) bond motifs is 9. The summed E-state index contributed by atoms with van der Waals surface area (Å²) in [5.74, 6) is 0.656. The molecule has 0 spiro atoms. The standard InChI is InChI=1S/C34H30N2O5S2/c1-17-7-3-4-8-18(17)16-41-24-10-6-5-9-21(24)25-26-22-15-23(29(26)42-31-30(25)43-34(39)35-31)28-27(22)32(37)36(33(28)38)19-11-13-20(40-2)14-12-19/h3-14,22-23,25-29H,15-16H2,1-2H3,(H,35,39)/t22-,23-,25+,26+,27+,28+,29-/m1/s1. The lowest BCUT2D eigenvalue weighted by Crippen LogP contribution is -2.42. The summed E-state index contributed by atoms with van der Waals surface area (Å²) in [5.41, 5.74) is 3.92. The van der Waals surface area contributed by atoms with E-state index in [-0.39, 0.29) is 57.4 Å². The predicted molar refractivity (Wildman–Crippen MR) is 166 cm³/mol. The Morgan fingerprint density at radius 1 is 0.907 bits per heavy atom. The third kappa shape index (κ3) is 4.04. The molecule has 9 heteroatoms. The zero-order valence-corrected chi connectivity index (χ0v) is 25.3. The highest BCUT2D eigenvalue weighted by Crippen LogP contribution is 2.69. The summed E-state index contributed by atoms with van der Waals surface area (Å²) in [7, 11) is 1.59. The van der Waals surface area contributed by atoms with Crippen LogP contribution in [-0.4, -0.2) is 29.2 Å². The maximum Gasteiger partial charge on any atom is 0.305 e. The van der Waals surface area contributed by atoms with Gasteiger partial charge in [-0.1, -0.05) is 53.8 Å². The van der Waals surface area contributed by atoms with Crippen molar-refractivity contribution in [2.45, 2.75) is 36.1 Å². The van der Waals surface area contributed by atoms with Crippen molar-refractivity contribution in [3.8, 4) is 11.5 Å². The Labute approximate surface area is 257 Å². The van der Waals surface area contributed by atoms with Crippen LogP contribution in [0.2, 0.25) is 0 Å². The Kier molecular flexibility index (Phi) is 6.31. The molecule has 7 nitrogen and oxygen atoms in total. The Hall–Kier alpha value is -3.82. The highest BCUT2D eigenvalue weighted by Gasteiger charge is 2.69. The van der Waals surface area contributed by atoms with Gasteiger partial charge < -0.3 is 14.5 Å². The van der Waals surface area contributed by atoms with E-state index >= 15 is 0 Å². The van der Waals surface area contributed by atoms with Crippen molar-refractivity contribution in [1.82, 2.24) is 4.98 Å². The van der Waals surface area contributed by atoms with Gasteiger partial charge in [0.1, 0.15) is 18.1 Å². The van der Waals surface area contributed by atoms with Crippen LogP contribution in [0.15, 0.2) is 82.6 Å². The van der Waals surface area contributed by atoms with Gasteiger partial charge in [0.25, 0.3) is 0 Å². The average molecular weight is 611 g/mol. The van der Waals surface area contributed by atoms with Gasteiger partial charge >= 0.3 is 4.87 Å². The number of aromatic nitrogens is 1. The average Bonchev–Trinajstić information content (AvgIpc) is 3.76. The molecule has 4 aliphatic rings. The quantitative estimate of drug-likeness (QED) is 0.269. The zero-order valence-electron chi connectivity index (χ0n) is 23.7. The molecule has 0 unspecified atom stereocenters. The fourth-order valence-corrected chi connectivity index (χ4v) is 11.0. The number of carbonyl (C=O) groups excluding carboxylic acids is 2. The molecule has 3 heterocycles. The molecule has 8 rings (SSSR count). The van der Waals surface area contributed by atoms with Crippen molar-refractivity contribution < 1.29 is 19.1 Å². The van der Waals surface area contributed by atoms with Gasteiger partial charge in [-0.05, 0) is 72.6 Å². The monoisotopic (exact) mass is 610 g/mol. The van der Waals surface area contributed by atoms with Gasteiger partial charge in [-0.25, -0.2) is 0 Å². The highest BCUT2D eigenvalue weighted by atomic mass is 32.2. The Morgan fingerprint density at radius 3 is 2.40 bits per heavy atom.